The minimum Gasteiger partial charge on any atom is -0.548 e. The second kappa shape index (κ2) is 9.42. The second-order valence-electron chi connectivity index (χ2n) is 5.07. The summed E-state index contributed by atoms with van der Waals surface area (Å²) in [5.41, 5.74) is 0.861. The van der Waals surface area contributed by atoms with Crippen LogP contribution in [0.25, 0.3) is 10.8 Å². The molecule has 0 aliphatic carbocycles. The number of hydrogen-bond acceptors (Lipinski definition) is 3. The van der Waals surface area contributed by atoms with Crippen LogP contribution in [-0.2, 0) is 16.0 Å². The molecule has 22 heavy (non-hydrogen) atoms. The summed E-state index contributed by atoms with van der Waals surface area (Å²) in [6.45, 7) is 1.87. The van der Waals surface area contributed by atoms with Crippen LogP contribution in [0.2, 0.25) is 0 Å². The number of aliphatic carboxylic acids is 1. The predicted molar refractivity (Wildman–Crippen MR) is 79.5 cm³/mol. The Morgan fingerprint density at radius 3 is 2.45 bits per heavy atom. The van der Waals surface area contributed by atoms with E-state index >= 15 is 0 Å². The third kappa shape index (κ3) is 5.48. The van der Waals surface area contributed by atoms with Gasteiger partial charge in [-0.2, -0.15) is 0 Å². The van der Waals surface area contributed by atoms with Crippen molar-refractivity contribution >= 4 is 22.6 Å². The third-order valence-corrected chi connectivity index (χ3v) is 3.35. The fourth-order valence-corrected chi connectivity index (χ4v) is 2.29. The van der Waals surface area contributed by atoms with Crippen molar-refractivity contribution in [1.29, 1.82) is 0 Å². The van der Waals surface area contributed by atoms with Gasteiger partial charge in [0.25, 0.3) is 0 Å². The average Bonchev–Trinajstić information content (AvgIpc) is 2.46. The minimum atomic E-state index is -1.26. The molecule has 2 aromatic carbocycles. The number of hydrogen-bond donors (Lipinski definition) is 1. The summed E-state index contributed by atoms with van der Waals surface area (Å²) < 4.78 is 0. The molecule has 0 spiro atoms. The standard InChI is InChI=1S/C17H19NO3.K/c1-2-5-16(19)18-15(17(20)21)11-12-8-9-13-6-3-4-7-14(13)10-12;/h3-4,6-10,15H,2,5,11H2,1H3,(H,18,19)(H,20,21);/q;+1/p-1. The number of benzene rings is 2. The van der Waals surface area contributed by atoms with Crippen LogP contribution in [0.5, 0.6) is 0 Å². The van der Waals surface area contributed by atoms with Crippen LogP contribution in [-0.4, -0.2) is 17.9 Å². The van der Waals surface area contributed by atoms with Gasteiger partial charge in [-0.1, -0.05) is 49.4 Å². The van der Waals surface area contributed by atoms with Crippen LogP contribution in [0, 0.1) is 0 Å². The molecule has 0 fully saturated rings. The maximum absolute atomic E-state index is 11.6. The molecule has 0 bridgehead atoms. The van der Waals surface area contributed by atoms with Crippen molar-refractivity contribution in [3.05, 3.63) is 48.0 Å². The second-order valence-corrected chi connectivity index (χ2v) is 5.07. The van der Waals surface area contributed by atoms with E-state index in [2.05, 4.69) is 5.32 Å². The van der Waals surface area contributed by atoms with Crippen molar-refractivity contribution in [2.75, 3.05) is 0 Å². The molecule has 1 unspecified atom stereocenters. The van der Waals surface area contributed by atoms with Gasteiger partial charge < -0.3 is 15.2 Å². The first-order chi connectivity index (χ1) is 10.1. The fraction of sp³-hybridized carbons (Fsp3) is 0.294. The molecule has 2 aromatic rings. The van der Waals surface area contributed by atoms with E-state index < -0.39 is 12.0 Å². The molecule has 110 valence electrons. The molecule has 0 aliphatic heterocycles. The number of carbonyl (C=O) groups excluding carboxylic acids is 2. The zero-order chi connectivity index (χ0) is 15.2. The molecule has 0 aliphatic rings. The Balaban J connectivity index is 0.00000242. The van der Waals surface area contributed by atoms with Crippen LogP contribution in [0.15, 0.2) is 42.5 Å². The molecule has 0 aromatic heterocycles. The molecule has 4 nitrogen and oxygen atoms in total. The van der Waals surface area contributed by atoms with Crippen LogP contribution < -0.4 is 61.8 Å². The number of nitrogens with one attached hydrogen (secondary N) is 1. The van der Waals surface area contributed by atoms with Gasteiger partial charge in [-0.25, -0.2) is 0 Å². The summed E-state index contributed by atoms with van der Waals surface area (Å²) >= 11 is 0. The number of carbonyl (C=O) groups is 2. The van der Waals surface area contributed by atoms with Crippen LogP contribution in [0.1, 0.15) is 25.3 Å². The van der Waals surface area contributed by atoms with Crippen molar-refractivity contribution in [3.63, 3.8) is 0 Å². The molecular weight excluding hydrogens is 305 g/mol. The van der Waals surface area contributed by atoms with Crippen molar-refractivity contribution in [1.82, 2.24) is 5.32 Å². The smallest absolute Gasteiger partial charge is 0.548 e. The van der Waals surface area contributed by atoms with Gasteiger partial charge in [0.15, 0.2) is 0 Å². The van der Waals surface area contributed by atoms with E-state index in [0.717, 1.165) is 16.3 Å². The Labute approximate surface area is 172 Å². The zero-order valence-electron chi connectivity index (χ0n) is 13.0. The fourth-order valence-electron chi connectivity index (χ4n) is 2.29. The first kappa shape index (κ1) is 19.3. The van der Waals surface area contributed by atoms with Gasteiger partial charge in [-0.05, 0) is 29.2 Å². The van der Waals surface area contributed by atoms with E-state index in [1.807, 2.05) is 49.4 Å². The number of carboxylic acid groups (broad SMARTS) is 1. The average molecular weight is 323 g/mol. The Kier molecular flexibility index (Phi) is 8.28. The first-order valence-electron chi connectivity index (χ1n) is 7.08. The van der Waals surface area contributed by atoms with Crippen molar-refractivity contribution < 1.29 is 66.1 Å². The van der Waals surface area contributed by atoms with Crippen LogP contribution in [0.4, 0.5) is 0 Å². The van der Waals surface area contributed by atoms with E-state index in [9.17, 15) is 14.7 Å². The van der Waals surface area contributed by atoms with Crippen molar-refractivity contribution in [2.24, 2.45) is 0 Å². The van der Waals surface area contributed by atoms with Gasteiger partial charge in [0, 0.05) is 6.42 Å². The van der Waals surface area contributed by atoms with E-state index in [1.165, 1.54) is 0 Å². The summed E-state index contributed by atoms with van der Waals surface area (Å²) in [5, 5.41) is 15.8. The van der Waals surface area contributed by atoms with Crippen molar-refractivity contribution in [3.8, 4) is 0 Å². The van der Waals surface area contributed by atoms with Gasteiger partial charge >= 0.3 is 51.4 Å². The Morgan fingerprint density at radius 2 is 1.82 bits per heavy atom. The van der Waals surface area contributed by atoms with E-state index in [-0.39, 0.29) is 63.7 Å². The summed E-state index contributed by atoms with van der Waals surface area (Å²) in [4.78, 5) is 22.7. The van der Waals surface area contributed by atoms with Crippen LogP contribution >= 0.6 is 0 Å². The largest absolute Gasteiger partial charge is 1.00 e. The topological polar surface area (TPSA) is 69.2 Å². The summed E-state index contributed by atoms with van der Waals surface area (Å²) in [6.07, 6.45) is 1.23. The van der Waals surface area contributed by atoms with E-state index in [1.54, 1.807) is 0 Å². The monoisotopic (exact) mass is 323 g/mol. The number of amides is 1. The Hall–Kier alpha value is -0.724. The molecule has 0 saturated carbocycles. The maximum atomic E-state index is 11.6. The number of rotatable bonds is 6. The predicted octanol–water partition coefficient (Wildman–Crippen LogP) is -1.58. The molecule has 1 atom stereocenters. The van der Waals surface area contributed by atoms with E-state index in [4.69, 9.17) is 0 Å². The summed E-state index contributed by atoms with van der Waals surface area (Å²) in [7, 11) is 0. The molecule has 0 radical (unpaired) electrons. The van der Waals surface area contributed by atoms with Crippen LogP contribution in [0.3, 0.4) is 0 Å². The third-order valence-electron chi connectivity index (χ3n) is 3.35. The minimum absolute atomic E-state index is 0. The maximum Gasteiger partial charge on any atom is 1.00 e. The van der Waals surface area contributed by atoms with E-state index in [0.29, 0.717) is 12.8 Å². The number of carboxylic acids is 1. The zero-order valence-corrected chi connectivity index (χ0v) is 16.1. The van der Waals surface area contributed by atoms with Gasteiger partial charge in [-0.3, -0.25) is 4.79 Å². The van der Waals surface area contributed by atoms with Crippen molar-refractivity contribution in [2.45, 2.75) is 32.2 Å². The first-order valence-corrected chi connectivity index (χ1v) is 7.08. The summed E-state index contributed by atoms with van der Waals surface area (Å²) in [5.74, 6) is -1.51. The van der Waals surface area contributed by atoms with Gasteiger partial charge in [-0.15, -0.1) is 0 Å². The summed E-state index contributed by atoms with van der Waals surface area (Å²) in [6, 6.07) is 12.6. The molecule has 0 heterocycles. The molecular formula is C17H18KNO3. The SMILES string of the molecule is CCCC(=O)NC(Cc1ccc2ccccc2c1)C(=O)[O-].[K+]. The molecule has 0 saturated heterocycles. The Morgan fingerprint density at radius 1 is 1.14 bits per heavy atom. The van der Waals surface area contributed by atoms with Gasteiger partial charge in [0.1, 0.15) is 0 Å². The van der Waals surface area contributed by atoms with Gasteiger partial charge in [0.2, 0.25) is 5.91 Å². The van der Waals surface area contributed by atoms with Gasteiger partial charge in [0.05, 0.1) is 12.0 Å². The Bertz CT molecular complexity index is 657. The normalized spacial score (nSPS) is 11.5. The number of fused-ring (bicyclic) bond motifs is 1. The molecule has 2 rings (SSSR count). The molecule has 1 N–H and O–H groups in total. The molecule has 5 heteroatoms. The quantitative estimate of drug-likeness (QED) is 0.653. The molecule has 1 amide bonds.